The zero-order valence-electron chi connectivity index (χ0n) is 10.1. The summed E-state index contributed by atoms with van der Waals surface area (Å²) in [6, 6.07) is 9.48. The Morgan fingerprint density at radius 3 is 2.59 bits per heavy atom. The first-order valence-corrected chi connectivity index (χ1v) is 5.47. The summed E-state index contributed by atoms with van der Waals surface area (Å²) < 4.78 is 5.20. The lowest BCUT2D eigenvalue weighted by Crippen LogP contribution is -2.25. The minimum Gasteiger partial charge on any atom is -0.460 e. The number of ether oxygens (including phenoxy) is 1. The molecule has 0 aliphatic heterocycles. The lowest BCUT2D eigenvalue weighted by atomic mass is 9.90. The number of carbonyl (C=O) groups excluding carboxylic acids is 2. The lowest BCUT2D eigenvalue weighted by molar-refractivity contribution is -0.155. The van der Waals surface area contributed by atoms with Crippen molar-refractivity contribution in [3.63, 3.8) is 0 Å². The van der Waals surface area contributed by atoms with Gasteiger partial charge in [-0.05, 0) is 25.8 Å². The molecule has 0 saturated heterocycles. The van der Waals surface area contributed by atoms with Gasteiger partial charge in [0.1, 0.15) is 12.5 Å². The van der Waals surface area contributed by atoms with Gasteiger partial charge in [0.05, 0.1) is 5.41 Å². The van der Waals surface area contributed by atoms with Crippen LogP contribution in [0.15, 0.2) is 36.4 Å². The zero-order chi connectivity index (χ0) is 12.7. The number of esters is 1. The third-order valence-corrected chi connectivity index (χ3v) is 2.46. The second-order valence-corrected chi connectivity index (χ2v) is 4.47. The van der Waals surface area contributed by atoms with Crippen molar-refractivity contribution >= 4 is 11.9 Å². The largest absolute Gasteiger partial charge is 0.460 e. The van der Waals surface area contributed by atoms with E-state index >= 15 is 0 Å². The highest BCUT2D eigenvalue weighted by Gasteiger charge is 2.28. The molecule has 1 rings (SSSR count). The van der Waals surface area contributed by atoms with Crippen molar-refractivity contribution in [3.05, 3.63) is 42.0 Å². The van der Waals surface area contributed by atoms with E-state index in [1.165, 1.54) is 6.08 Å². The van der Waals surface area contributed by atoms with E-state index in [1.54, 1.807) is 19.8 Å². The molecular formula is C14H16O3. The van der Waals surface area contributed by atoms with E-state index in [0.717, 1.165) is 5.56 Å². The molecule has 0 atom stereocenters. The van der Waals surface area contributed by atoms with E-state index in [1.807, 2.05) is 30.3 Å². The standard InChI is InChI=1S/C14H16O3/c1-14(2,9-6-10-15)13(16)17-11-12-7-4-3-5-8-12/h3-8H,9,11H2,1-2H3. The van der Waals surface area contributed by atoms with Crippen molar-refractivity contribution in [2.24, 2.45) is 5.41 Å². The van der Waals surface area contributed by atoms with E-state index in [-0.39, 0.29) is 12.6 Å². The molecule has 3 nitrogen and oxygen atoms in total. The van der Waals surface area contributed by atoms with Gasteiger partial charge in [0.15, 0.2) is 0 Å². The molecule has 0 bridgehead atoms. The van der Waals surface area contributed by atoms with Gasteiger partial charge in [-0.2, -0.15) is 0 Å². The normalized spacial score (nSPS) is 10.5. The summed E-state index contributed by atoms with van der Waals surface area (Å²) in [6.07, 6.45) is 1.65. The van der Waals surface area contributed by atoms with Gasteiger partial charge in [0, 0.05) is 6.08 Å². The second-order valence-electron chi connectivity index (χ2n) is 4.47. The highest BCUT2D eigenvalue weighted by molar-refractivity contribution is 5.76. The first-order valence-electron chi connectivity index (χ1n) is 5.47. The molecule has 1 aromatic rings. The summed E-state index contributed by atoms with van der Waals surface area (Å²) in [6.45, 7) is 3.75. The Labute approximate surface area is 101 Å². The molecule has 0 aliphatic carbocycles. The van der Waals surface area contributed by atoms with Crippen LogP contribution in [-0.2, 0) is 20.9 Å². The predicted octanol–water partition coefficient (Wildman–Crippen LogP) is 2.53. The summed E-state index contributed by atoms with van der Waals surface area (Å²) in [7, 11) is 0. The highest BCUT2D eigenvalue weighted by atomic mass is 16.5. The molecule has 0 amide bonds. The SMILES string of the molecule is CC(C)(CC=C=O)C(=O)OCc1ccccc1. The van der Waals surface area contributed by atoms with Crippen LogP contribution < -0.4 is 0 Å². The Kier molecular flexibility index (Phi) is 4.68. The smallest absolute Gasteiger partial charge is 0.312 e. The fourth-order valence-electron chi connectivity index (χ4n) is 1.30. The van der Waals surface area contributed by atoms with Crippen molar-refractivity contribution in [1.29, 1.82) is 0 Å². The van der Waals surface area contributed by atoms with Gasteiger partial charge < -0.3 is 4.74 Å². The first kappa shape index (κ1) is 13.2. The van der Waals surface area contributed by atoms with Crippen LogP contribution in [0.4, 0.5) is 0 Å². The van der Waals surface area contributed by atoms with Crippen molar-refractivity contribution in [2.75, 3.05) is 0 Å². The summed E-state index contributed by atoms with van der Waals surface area (Å²) >= 11 is 0. The Bertz CT molecular complexity index is 414. The molecule has 0 radical (unpaired) electrons. The summed E-state index contributed by atoms with van der Waals surface area (Å²) in [4.78, 5) is 21.9. The molecule has 0 N–H and O–H groups in total. The number of hydrogen-bond donors (Lipinski definition) is 0. The number of carbonyl (C=O) groups is 1. The van der Waals surface area contributed by atoms with E-state index < -0.39 is 5.41 Å². The third kappa shape index (κ3) is 4.25. The summed E-state index contributed by atoms with van der Waals surface area (Å²) in [5, 5.41) is 0. The number of allylic oxidation sites excluding steroid dienone is 1. The molecule has 0 saturated carbocycles. The van der Waals surface area contributed by atoms with Crippen LogP contribution in [-0.4, -0.2) is 11.9 Å². The molecular weight excluding hydrogens is 216 g/mol. The molecule has 0 aromatic heterocycles. The van der Waals surface area contributed by atoms with Gasteiger partial charge in [-0.15, -0.1) is 0 Å². The van der Waals surface area contributed by atoms with Crippen LogP contribution in [0.5, 0.6) is 0 Å². The molecule has 17 heavy (non-hydrogen) atoms. The van der Waals surface area contributed by atoms with Crippen LogP contribution in [0.1, 0.15) is 25.8 Å². The van der Waals surface area contributed by atoms with Crippen LogP contribution in [0, 0.1) is 5.41 Å². The predicted molar refractivity (Wildman–Crippen MR) is 64.9 cm³/mol. The van der Waals surface area contributed by atoms with E-state index in [0.29, 0.717) is 6.42 Å². The van der Waals surface area contributed by atoms with Crippen molar-refractivity contribution in [2.45, 2.75) is 26.9 Å². The van der Waals surface area contributed by atoms with Gasteiger partial charge >= 0.3 is 5.97 Å². The summed E-state index contributed by atoms with van der Waals surface area (Å²) in [5.74, 6) is 1.36. The maximum Gasteiger partial charge on any atom is 0.312 e. The Hall–Kier alpha value is -1.86. The van der Waals surface area contributed by atoms with Crippen molar-refractivity contribution < 1.29 is 14.3 Å². The molecule has 0 spiro atoms. The van der Waals surface area contributed by atoms with Crippen molar-refractivity contribution in [1.82, 2.24) is 0 Å². The lowest BCUT2D eigenvalue weighted by Gasteiger charge is -2.20. The highest BCUT2D eigenvalue weighted by Crippen LogP contribution is 2.22. The van der Waals surface area contributed by atoms with Crippen LogP contribution in [0.25, 0.3) is 0 Å². The molecule has 0 fully saturated rings. The third-order valence-electron chi connectivity index (χ3n) is 2.46. The second kappa shape index (κ2) is 6.02. The first-order chi connectivity index (χ1) is 8.06. The molecule has 90 valence electrons. The fourth-order valence-corrected chi connectivity index (χ4v) is 1.30. The monoisotopic (exact) mass is 232 g/mol. The van der Waals surface area contributed by atoms with Crippen LogP contribution in [0.3, 0.4) is 0 Å². The topological polar surface area (TPSA) is 43.4 Å². The van der Waals surface area contributed by atoms with Gasteiger partial charge in [-0.1, -0.05) is 30.3 Å². The zero-order valence-corrected chi connectivity index (χ0v) is 10.1. The molecule has 0 aliphatic rings. The van der Waals surface area contributed by atoms with Crippen molar-refractivity contribution in [3.8, 4) is 0 Å². The van der Waals surface area contributed by atoms with Crippen LogP contribution >= 0.6 is 0 Å². The molecule has 1 aromatic carbocycles. The number of hydrogen-bond acceptors (Lipinski definition) is 3. The Balaban J connectivity index is 2.52. The van der Waals surface area contributed by atoms with Gasteiger partial charge in [-0.25, -0.2) is 4.79 Å². The number of rotatable bonds is 5. The molecule has 0 heterocycles. The average Bonchev–Trinajstić information content (AvgIpc) is 2.34. The maximum atomic E-state index is 11.8. The maximum absolute atomic E-state index is 11.8. The minimum atomic E-state index is -0.688. The van der Waals surface area contributed by atoms with E-state index in [9.17, 15) is 9.59 Å². The van der Waals surface area contributed by atoms with Gasteiger partial charge in [0.2, 0.25) is 0 Å². The average molecular weight is 232 g/mol. The minimum absolute atomic E-state index is 0.258. The van der Waals surface area contributed by atoms with E-state index in [2.05, 4.69) is 0 Å². The Morgan fingerprint density at radius 2 is 2.00 bits per heavy atom. The molecule has 0 unspecified atom stereocenters. The quantitative estimate of drug-likeness (QED) is 0.578. The van der Waals surface area contributed by atoms with Gasteiger partial charge in [0.25, 0.3) is 0 Å². The fraction of sp³-hybridized carbons (Fsp3) is 0.357. The van der Waals surface area contributed by atoms with Crippen LogP contribution in [0.2, 0.25) is 0 Å². The van der Waals surface area contributed by atoms with E-state index in [4.69, 9.17) is 4.74 Å². The molecule has 3 heteroatoms. The number of benzene rings is 1. The Morgan fingerprint density at radius 1 is 1.35 bits per heavy atom. The van der Waals surface area contributed by atoms with Gasteiger partial charge in [-0.3, -0.25) is 4.79 Å². The summed E-state index contributed by atoms with van der Waals surface area (Å²) in [5.41, 5.74) is 0.259.